The summed E-state index contributed by atoms with van der Waals surface area (Å²) in [5.41, 5.74) is -1.59. The second kappa shape index (κ2) is 11.9. The van der Waals surface area contributed by atoms with E-state index in [0.29, 0.717) is 45.2 Å². The summed E-state index contributed by atoms with van der Waals surface area (Å²) >= 11 is 0. The van der Waals surface area contributed by atoms with Crippen LogP contribution in [0.4, 0.5) is 0 Å². The van der Waals surface area contributed by atoms with Crippen LogP contribution in [0.3, 0.4) is 0 Å². The van der Waals surface area contributed by atoms with Crippen molar-refractivity contribution in [3.05, 3.63) is 25.3 Å². The van der Waals surface area contributed by atoms with Gasteiger partial charge in [0.15, 0.2) is 0 Å². The van der Waals surface area contributed by atoms with Gasteiger partial charge in [-0.2, -0.15) is 0 Å². The second-order valence-electron chi connectivity index (χ2n) is 12.9. The molecule has 3 aliphatic heterocycles. The molecule has 3 fully saturated rings. The van der Waals surface area contributed by atoms with E-state index >= 15 is 0 Å². The fourth-order valence-corrected chi connectivity index (χ4v) is 7.14. The monoisotopic (exact) mass is 532 g/mol. The van der Waals surface area contributed by atoms with Gasteiger partial charge in [-0.3, -0.25) is 14.4 Å². The molecule has 0 saturated carbocycles. The quantitative estimate of drug-likeness (QED) is 0.207. The van der Waals surface area contributed by atoms with Crippen molar-refractivity contribution in [2.45, 2.75) is 103 Å². The Balaban J connectivity index is 1.98. The predicted octanol–water partition coefficient (Wildman–Crippen LogP) is 3.87. The molecule has 2 amide bonds. The molecule has 2 unspecified atom stereocenters. The number of unbranched alkanes of at least 4 members (excludes halogenated alkanes) is 2. The highest BCUT2D eigenvalue weighted by molar-refractivity contribution is 5.98. The van der Waals surface area contributed by atoms with Crippen molar-refractivity contribution < 1.29 is 29.0 Å². The number of aliphatic hydroxyl groups is 1. The lowest BCUT2D eigenvalue weighted by atomic mass is 9.70. The zero-order valence-electron chi connectivity index (χ0n) is 24.0. The number of carbonyl (C=O) groups excluding carboxylic acids is 3. The first-order chi connectivity index (χ1) is 17.8. The Kier molecular flexibility index (Phi) is 9.51. The van der Waals surface area contributed by atoms with Gasteiger partial charge in [0, 0.05) is 25.2 Å². The van der Waals surface area contributed by atoms with Gasteiger partial charge < -0.3 is 24.4 Å². The summed E-state index contributed by atoms with van der Waals surface area (Å²) in [6, 6.07) is -0.832. The van der Waals surface area contributed by atoms with Crippen LogP contribution in [0.2, 0.25) is 0 Å². The molecule has 0 aromatic rings. The molecule has 214 valence electrons. The van der Waals surface area contributed by atoms with Crippen LogP contribution in [0, 0.1) is 17.3 Å². The minimum atomic E-state index is -1.06. The van der Waals surface area contributed by atoms with E-state index in [1.54, 1.807) is 17.1 Å². The molecule has 0 aromatic carbocycles. The van der Waals surface area contributed by atoms with Gasteiger partial charge in [0.1, 0.15) is 11.6 Å². The van der Waals surface area contributed by atoms with Crippen LogP contribution in [0.5, 0.6) is 0 Å². The number of rotatable bonds is 14. The normalized spacial score (nSPS) is 28.4. The first kappa shape index (κ1) is 30.4. The molecule has 1 N–H and O–H groups in total. The Morgan fingerprint density at radius 3 is 2.50 bits per heavy atom. The molecule has 0 aliphatic carbocycles. The zero-order valence-corrected chi connectivity index (χ0v) is 24.0. The number of hydrogen-bond donors (Lipinski definition) is 1. The number of nitrogens with zero attached hydrogens (tertiary/aromatic N) is 2. The first-order valence-electron chi connectivity index (χ1n) is 14.1. The maximum Gasteiger partial charge on any atom is 0.312 e. The van der Waals surface area contributed by atoms with Gasteiger partial charge in [0.2, 0.25) is 11.8 Å². The SMILES string of the molecule is C=CCCCOC(=O)[C@@H]1[C@H]2C(=O)N(CCCCO)C(C(=O)N(CC=C)C(C)(C)CC(C)(C)C)C23CC[C@H]1O3. The predicted molar refractivity (Wildman–Crippen MR) is 146 cm³/mol. The molecular weight excluding hydrogens is 484 g/mol. The zero-order chi connectivity index (χ0) is 28.3. The van der Waals surface area contributed by atoms with Crippen LogP contribution < -0.4 is 0 Å². The average molecular weight is 533 g/mol. The average Bonchev–Trinajstić information content (AvgIpc) is 3.46. The fraction of sp³-hybridized carbons (Fsp3) is 0.767. The first-order valence-corrected chi connectivity index (χ1v) is 14.1. The van der Waals surface area contributed by atoms with Crippen molar-refractivity contribution in [3.63, 3.8) is 0 Å². The van der Waals surface area contributed by atoms with E-state index in [1.165, 1.54) is 0 Å². The van der Waals surface area contributed by atoms with Crippen molar-refractivity contribution in [1.82, 2.24) is 9.80 Å². The van der Waals surface area contributed by atoms with Crippen LogP contribution in [0.25, 0.3) is 0 Å². The lowest BCUT2D eigenvalue weighted by Gasteiger charge is -2.45. The second-order valence-corrected chi connectivity index (χ2v) is 12.9. The smallest absolute Gasteiger partial charge is 0.312 e. The number of fused-ring (bicyclic) bond motifs is 1. The maximum atomic E-state index is 14.5. The summed E-state index contributed by atoms with van der Waals surface area (Å²) in [6.07, 6.45) is 7.47. The molecule has 3 saturated heterocycles. The Morgan fingerprint density at radius 1 is 1.18 bits per heavy atom. The Morgan fingerprint density at radius 2 is 1.89 bits per heavy atom. The standard InChI is InChI=1S/C30H48N2O6/c1-8-10-13-19-37-27(36)22-21-14-15-30(38-21)23(22)25(34)31(17-11-12-18-33)24(30)26(35)32(16-9-2)29(6,7)20-28(3,4)5/h8-9,21-24,33H,1-2,10-20H2,3-7H3/t21-,22+,23+,24?,30?/m1/s1. The lowest BCUT2D eigenvalue weighted by Crippen LogP contribution is -2.61. The molecule has 0 radical (unpaired) electrons. The summed E-state index contributed by atoms with van der Waals surface area (Å²) in [6.45, 7) is 19.1. The minimum Gasteiger partial charge on any atom is -0.465 e. The third-order valence-corrected chi connectivity index (χ3v) is 8.18. The highest BCUT2D eigenvalue weighted by Crippen LogP contribution is 2.59. The fourth-order valence-electron chi connectivity index (χ4n) is 7.14. The van der Waals surface area contributed by atoms with Crippen LogP contribution in [0.1, 0.15) is 79.6 Å². The molecule has 0 aromatic heterocycles. The van der Waals surface area contributed by atoms with Crippen molar-refractivity contribution in [2.75, 3.05) is 26.3 Å². The third kappa shape index (κ3) is 5.86. The third-order valence-electron chi connectivity index (χ3n) is 8.18. The number of carbonyl (C=O) groups is 3. The molecule has 8 heteroatoms. The Hall–Kier alpha value is -2.19. The van der Waals surface area contributed by atoms with E-state index in [2.05, 4.69) is 47.8 Å². The van der Waals surface area contributed by atoms with Gasteiger partial charge in [-0.1, -0.05) is 32.9 Å². The van der Waals surface area contributed by atoms with Crippen LogP contribution >= 0.6 is 0 Å². The number of hydrogen-bond acceptors (Lipinski definition) is 6. The lowest BCUT2D eigenvalue weighted by molar-refractivity contribution is -0.156. The molecule has 5 atom stereocenters. The number of aliphatic hydroxyl groups excluding tert-OH is 1. The van der Waals surface area contributed by atoms with E-state index in [9.17, 15) is 19.5 Å². The highest BCUT2D eigenvalue weighted by atomic mass is 16.6. The number of esters is 1. The molecule has 3 heterocycles. The number of amides is 2. The van der Waals surface area contributed by atoms with Gasteiger partial charge in [-0.05, 0) is 64.2 Å². The summed E-state index contributed by atoms with van der Waals surface area (Å²) in [5.74, 6) is -2.26. The molecular formula is C30H48N2O6. The van der Waals surface area contributed by atoms with E-state index in [0.717, 1.165) is 12.8 Å². The summed E-state index contributed by atoms with van der Waals surface area (Å²) in [4.78, 5) is 45.2. The van der Waals surface area contributed by atoms with Crippen molar-refractivity contribution >= 4 is 17.8 Å². The summed E-state index contributed by atoms with van der Waals surface area (Å²) < 4.78 is 12.1. The molecule has 3 rings (SSSR count). The number of allylic oxidation sites excluding steroid dienone is 1. The van der Waals surface area contributed by atoms with Gasteiger partial charge in [-0.15, -0.1) is 13.2 Å². The molecule has 2 bridgehead atoms. The highest BCUT2D eigenvalue weighted by Gasteiger charge is 2.75. The van der Waals surface area contributed by atoms with Gasteiger partial charge in [0.05, 0.1) is 24.5 Å². The van der Waals surface area contributed by atoms with Crippen LogP contribution in [0.15, 0.2) is 25.3 Å². The number of ether oxygens (including phenoxy) is 2. The van der Waals surface area contributed by atoms with Gasteiger partial charge >= 0.3 is 5.97 Å². The van der Waals surface area contributed by atoms with Crippen molar-refractivity contribution in [2.24, 2.45) is 17.3 Å². The summed E-state index contributed by atoms with van der Waals surface area (Å²) in [7, 11) is 0. The van der Waals surface area contributed by atoms with Crippen LogP contribution in [-0.2, 0) is 23.9 Å². The molecule has 1 spiro atoms. The Bertz CT molecular complexity index is 909. The Labute approximate surface area is 228 Å². The molecule has 8 nitrogen and oxygen atoms in total. The largest absolute Gasteiger partial charge is 0.465 e. The molecule has 38 heavy (non-hydrogen) atoms. The van der Waals surface area contributed by atoms with Crippen molar-refractivity contribution in [1.29, 1.82) is 0 Å². The minimum absolute atomic E-state index is 0.00858. The topological polar surface area (TPSA) is 96.4 Å². The van der Waals surface area contributed by atoms with E-state index in [-0.39, 0.29) is 30.4 Å². The van der Waals surface area contributed by atoms with E-state index in [4.69, 9.17) is 9.47 Å². The van der Waals surface area contributed by atoms with Gasteiger partial charge in [0.25, 0.3) is 0 Å². The summed E-state index contributed by atoms with van der Waals surface area (Å²) in [5, 5.41) is 9.37. The number of likely N-dealkylation sites (tertiary alicyclic amines) is 1. The van der Waals surface area contributed by atoms with Gasteiger partial charge in [-0.25, -0.2) is 0 Å². The van der Waals surface area contributed by atoms with E-state index in [1.807, 2.05) is 4.90 Å². The van der Waals surface area contributed by atoms with Crippen molar-refractivity contribution in [3.8, 4) is 0 Å². The maximum absolute atomic E-state index is 14.5. The molecule has 3 aliphatic rings. The van der Waals surface area contributed by atoms with E-state index < -0.39 is 41.1 Å². The van der Waals surface area contributed by atoms with Crippen LogP contribution in [-0.4, -0.2) is 82.3 Å².